The van der Waals surface area contributed by atoms with Gasteiger partial charge in [-0.15, -0.1) is 0 Å². The van der Waals surface area contributed by atoms with Gasteiger partial charge >= 0.3 is 12.1 Å². The average Bonchev–Trinajstić information content (AvgIpc) is 3.19. The van der Waals surface area contributed by atoms with E-state index >= 15 is 0 Å². The molecule has 1 saturated heterocycles. The van der Waals surface area contributed by atoms with Crippen LogP contribution in [0.15, 0.2) is 0 Å². The van der Waals surface area contributed by atoms with Crippen LogP contribution in [0.5, 0.6) is 0 Å². The van der Waals surface area contributed by atoms with Crippen molar-refractivity contribution >= 4 is 12.1 Å². The fourth-order valence-electron chi connectivity index (χ4n) is 3.80. The maximum absolute atomic E-state index is 12.4. The van der Waals surface area contributed by atoms with Crippen molar-refractivity contribution in [2.45, 2.75) is 124 Å². The Balaban J connectivity index is 2.05. The van der Waals surface area contributed by atoms with E-state index in [4.69, 9.17) is 9.47 Å². The van der Waals surface area contributed by atoms with E-state index in [1.54, 1.807) is 0 Å². The van der Waals surface area contributed by atoms with Crippen LogP contribution in [0.2, 0.25) is 0 Å². The first-order chi connectivity index (χ1) is 14.3. The van der Waals surface area contributed by atoms with E-state index in [9.17, 15) is 9.59 Å². The molecule has 0 spiro atoms. The molecule has 0 aromatic heterocycles. The fraction of sp³-hybridized carbons (Fsp3) is 0.920. The molecule has 1 aliphatic heterocycles. The zero-order valence-corrected chi connectivity index (χ0v) is 20.2. The molecule has 1 aliphatic rings. The number of likely N-dealkylation sites (tertiary alicyclic amines) is 1. The van der Waals surface area contributed by atoms with Gasteiger partial charge in [-0.05, 0) is 24.7 Å². The number of rotatable bonds is 15. The second-order valence-corrected chi connectivity index (χ2v) is 10.0. The van der Waals surface area contributed by atoms with Crippen LogP contribution in [0, 0.1) is 5.41 Å². The first-order valence-corrected chi connectivity index (χ1v) is 12.4. The van der Waals surface area contributed by atoms with Crippen molar-refractivity contribution in [3.63, 3.8) is 0 Å². The second kappa shape index (κ2) is 15.5. The molecule has 0 radical (unpaired) electrons. The van der Waals surface area contributed by atoms with E-state index in [1.165, 1.54) is 69.1 Å². The zero-order chi connectivity index (χ0) is 22.2. The zero-order valence-electron chi connectivity index (χ0n) is 20.2. The van der Waals surface area contributed by atoms with Crippen LogP contribution in [0.3, 0.4) is 0 Å². The Labute approximate surface area is 185 Å². The summed E-state index contributed by atoms with van der Waals surface area (Å²) in [6, 6.07) is -0.477. The van der Waals surface area contributed by atoms with E-state index in [-0.39, 0.29) is 11.4 Å². The quantitative estimate of drug-likeness (QED) is 0.212. The smallest absolute Gasteiger partial charge is 0.410 e. The summed E-state index contributed by atoms with van der Waals surface area (Å²) in [5.74, 6) is -0.275. The Morgan fingerprint density at radius 1 is 0.833 bits per heavy atom. The van der Waals surface area contributed by atoms with Crippen LogP contribution in [0.4, 0.5) is 4.79 Å². The van der Waals surface area contributed by atoms with Gasteiger partial charge in [-0.2, -0.15) is 0 Å². The highest BCUT2D eigenvalue weighted by molar-refractivity contribution is 5.82. The number of carbonyl (C=O) groups excluding carboxylic acids is 2. The van der Waals surface area contributed by atoms with Crippen molar-refractivity contribution < 1.29 is 19.1 Å². The Kier molecular flexibility index (Phi) is 13.9. The van der Waals surface area contributed by atoms with Gasteiger partial charge in [0.05, 0.1) is 13.2 Å². The second-order valence-electron chi connectivity index (χ2n) is 10.0. The number of hydrogen-bond donors (Lipinski definition) is 0. The summed E-state index contributed by atoms with van der Waals surface area (Å²) in [5.41, 5.74) is -0.0833. The molecule has 0 saturated carbocycles. The Hall–Kier alpha value is -1.26. The van der Waals surface area contributed by atoms with Crippen LogP contribution in [-0.4, -0.2) is 42.8 Å². The summed E-state index contributed by atoms with van der Waals surface area (Å²) < 4.78 is 10.8. The molecule has 1 atom stereocenters. The average molecular weight is 426 g/mol. The largest absolute Gasteiger partial charge is 0.464 e. The number of nitrogens with zero attached hydrogens (tertiary/aromatic N) is 1. The molecule has 30 heavy (non-hydrogen) atoms. The Morgan fingerprint density at radius 3 is 1.90 bits per heavy atom. The van der Waals surface area contributed by atoms with Crippen LogP contribution in [0.25, 0.3) is 0 Å². The minimum absolute atomic E-state index is 0.0833. The first-order valence-electron chi connectivity index (χ1n) is 12.4. The third kappa shape index (κ3) is 12.4. The molecule has 1 amide bonds. The summed E-state index contributed by atoms with van der Waals surface area (Å²) in [6.07, 6.45) is 16.5. The van der Waals surface area contributed by atoms with E-state index in [1.807, 2.05) is 20.8 Å². The van der Waals surface area contributed by atoms with Crippen molar-refractivity contribution in [3.05, 3.63) is 0 Å². The van der Waals surface area contributed by atoms with Gasteiger partial charge in [-0.25, -0.2) is 9.59 Å². The van der Waals surface area contributed by atoms with Gasteiger partial charge in [0.25, 0.3) is 0 Å². The van der Waals surface area contributed by atoms with E-state index in [0.717, 1.165) is 19.3 Å². The highest BCUT2D eigenvalue weighted by Crippen LogP contribution is 2.21. The Bertz CT molecular complexity index is 472. The number of esters is 1. The predicted octanol–water partition coefficient (Wildman–Crippen LogP) is 6.88. The number of unbranched alkanes of at least 4 members (excludes halogenated alkanes) is 11. The van der Waals surface area contributed by atoms with Gasteiger partial charge in [0, 0.05) is 6.54 Å². The van der Waals surface area contributed by atoms with E-state index in [2.05, 4.69) is 6.92 Å². The van der Waals surface area contributed by atoms with Gasteiger partial charge in [0.1, 0.15) is 6.04 Å². The number of carbonyl (C=O) groups is 2. The Morgan fingerprint density at radius 2 is 1.37 bits per heavy atom. The molecular weight excluding hydrogens is 378 g/mol. The summed E-state index contributed by atoms with van der Waals surface area (Å²) in [4.78, 5) is 26.2. The molecule has 1 rings (SSSR count). The van der Waals surface area contributed by atoms with Crippen LogP contribution in [0.1, 0.15) is 118 Å². The van der Waals surface area contributed by atoms with E-state index in [0.29, 0.717) is 26.2 Å². The molecule has 1 heterocycles. The lowest BCUT2D eigenvalue weighted by Crippen LogP contribution is -2.42. The lowest BCUT2D eigenvalue weighted by atomic mass is 9.99. The maximum atomic E-state index is 12.4. The van der Waals surface area contributed by atoms with Crippen LogP contribution < -0.4 is 0 Å². The van der Waals surface area contributed by atoms with Crippen LogP contribution in [-0.2, 0) is 14.3 Å². The fourth-order valence-corrected chi connectivity index (χ4v) is 3.80. The lowest BCUT2D eigenvalue weighted by molar-refractivity contribution is -0.148. The molecule has 176 valence electrons. The minimum atomic E-state index is -0.477. The molecule has 5 nitrogen and oxygen atoms in total. The molecule has 0 N–H and O–H groups in total. The van der Waals surface area contributed by atoms with Gasteiger partial charge < -0.3 is 9.47 Å². The van der Waals surface area contributed by atoms with Gasteiger partial charge in [0.2, 0.25) is 0 Å². The maximum Gasteiger partial charge on any atom is 0.410 e. The SMILES string of the molecule is CCCCCCCCCCCCCCOC(=O)C1CCCN1C(=O)OCC(C)(C)C. The topological polar surface area (TPSA) is 55.8 Å². The third-order valence-electron chi connectivity index (χ3n) is 5.63. The summed E-state index contributed by atoms with van der Waals surface area (Å²) in [7, 11) is 0. The molecule has 0 aromatic carbocycles. The first kappa shape index (κ1) is 26.8. The predicted molar refractivity (Wildman–Crippen MR) is 123 cm³/mol. The normalized spacial score (nSPS) is 16.7. The molecule has 1 unspecified atom stereocenters. The van der Waals surface area contributed by atoms with Crippen molar-refractivity contribution in [2.24, 2.45) is 5.41 Å². The van der Waals surface area contributed by atoms with E-state index < -0.39 is 12.1 Å². The monoisotopic (exact) mass is 425 g/mol. The summed E-state index contributed by atoms with van der Waals surface area (Å²) in [5, 5.41) is 0. The lowest BCUT2D eigenvalue weighted by Gasteiger charge is -2.25. The highest BCUT2D eigenvalue weighted by atomic mass is 16.6. The number of ether oxygens (including phenoxy) is 2. The van der Waals surface area contributed by atoms with Gasteiger partial charge in [-0.1, -0.05) is 98.3 Å². The standard InChI is InChI=1S/C25H47NO4/c1-5-6-7-8-9-10-11-12-13-14-15-16-20-29-23(27)22-18-17-19-26(22)24(28)30-21-25(2,3)4/h22H,5-21H2,1-4H3. The molecule has 0 aromatic rings. The molecule has 5 heteroatoms. The molecule has 0 aliphatic carbocycles. The van der Waals surface area contributed by atoms with Gasteiger partial charge in [-0.3, -0.25) is 4.90 Å². The third-order valence-corrected chi connectivity index (χ3v) is 5.63. The summed E-state index contributed by atoms with van der Waals surface area (Å²) >= 11 is 0. The van der Waals surface area contributed by atoms with Crippen molar-refractivity contribution in [2.75, 3.05) is 19.8 Å². The molecule has 1 fully saturated rings. The number of hydrogen-bond acceptors (Lipinski definition) is 4. The van der Waals surface area contributed by atoms with Crippen molar-refractivity contribution in [1.82, 2.24) is 4.90 Å². The van der Waals surface area contributed by atoms with Crippen LogP contribution >= 0.6 is 0 Å². The molecule has 0 bridgehead atoms. The van der Waals surface area contributed by atoms with Crippen molar-refractivity contribution in [3.8, 4) is 0 Å². The van der Waals surface area contributed by atoms with Crippen molar-refractivity contribution in [1.29, 1.82) is 0 Å². The minimum Gasteiger partial charge on any atom is -0.464 e. The number of amides is 1. The highest BCUT2D eigenvalue weighted by Gasteiger charge is 2.36. The summed E-state index contributed by atoms with van der Waals surface area (Å²) in [6.45, 7) is 9.69. The van der Waals surface area contributed by atoms with Gasteiger partial charge in [0.15, 0.2) is 0 Å². The molecular formula is C25H47NO4.